The van der Waals surface area contributed by atoms with E-state index in [0.29, 0.717) is 23.1 Å². The molecule has 3 aliphatic heterocycles. The summed E-state index contributed by atoms with van der Waals surface area (Å²) in [5, 5.41) is 17.8. The lowest BCUT2D eigenvalue weighted by atomic mass is 9.67. The Morgan fingerprint density at radius 2 is 1.88 bits per heavy atom. The van der Waals surface area contributed by atoms with Crippen molar-refractivity contribution in [2.45, 2.75) is 37.6 Å². The molecule has 1 aromatic carbocycles. The van der Waals surface area contributed by atoms with Gasteiger partial charge in [-0.05, 0) is 42.4 Å². The predicted octanol–water partition coefficient (Wildman–Crippen LogP) is 0.641. The smallest absolute Gasteiger partial charge is 0.240 e. The Balaban J connectivity index is 1.63. The molecule has 4 heterocycles. The number of aliphatic hydroxyl groups is 1. The predicted molar refractivity (Wildman–Crippen MR) is 79.8 cm³/mol. The largest absolute Gasteiger partial charge is 0.390 e. The molecule has 124 valence electrons. The summed E-state index contributed by atoms with van der Waals surface area (Å²) in [6, 6.07) is 4.90. The van der Waals surface area contributed by atoms with E-state index in [9.17, 15) is 14.7 Å². The Bertz CT molecular complexity index is 910. The maximum atomic E-state index is 13.0. The Morgan fingerprint density at radius 1 is 1.17 bits per heavy atom. The van der Waals surface area contributed by atoms with Gasteiger partial charge in [0.05, 0.1) is 29.2 Å². The van der Waals surface area contributed by atoms with Crippen LogP contribution in [0.1, 0.15) is 20.3 Å². The maximum Gasteiger partial charge on any atom is 0.240 e. The second kappa shape index (κ2) is 4.01. The molecule has 2 bridgehead atoms. The van der Waals surface area contributed by atoms with E-state index in [1.165, 1.54) is 4.90 Å². The van der Waals surface area contributed by atoms with Crippen LogP contribution >= 0.6 is 0 Å². The van der Waals surface area contributed by atoms with E-state index < -0.39 is 29.1 Å². The molecule has 0 saturated carbocycles. The number of rotatable bonds is 1. The second-order valence-electron chi connectivity index (χ2n) is 7.22. The van der Waals surface area contributed by atoms with Gasteiger partial charge in [-0.15, -0.1) is 0 Å². The van der Waals surface area contributed by atoms with Gasteiger partial charge in [0.25, 0.3) is 0 Å². The van der Waals surface area contributed by atoms with Gasteiger partial charge in [0, 0.05) is 6.42 Å². The Labute approximate surface area is 136 Å². The number of aromatic nitrogens is 2. The number of carbonyl (C=O) groups is 2. The van der Waals surface area contributed by atoms with Crippen LogP contribution in [-0.4, -0.2) is 44.5 Å². The average Bonchev–Trinajstić information content (AvgIpc) is 3.19. The van der Waals surface area contributed by atoms with Crippen molar-refractivity contribution >= 4 is 28.5 Å². The van der Waals surface area contributed by atoms with Crippen molar-refractivity contribution in [2.75, 3.05) is 4.90 Å². The summed E-state index contributed by atoms with van der Waals surface area (Å²) in [7, 11) is 0. The number of fused-ring (bicyclic) bond motifs is 6. The van der Waals surface area contributed by atoms with Crippen molar-refractivity contribution in [3.63, 3.8) is 0 Å². The average molecular weight is 329 g/mol. The van der Waals surface area contributed by atoms with Gasteiger partial charge >= 0.3 is 0 Å². The quantitative estimate of drug-likeness (QED) is 0.765. The van der Waals surface area contributed by atoms with E-state index >= 15 is 0 Å². The zero-order valence-electron chi connectivity index (χ0n) is 13.1. The monoisotopic (exact) mass is 329 g/mol. The topological polar surface area (TPSA) is 106 Å². The lowest BCUT2D eigenvalue weighted by molar-refractivity contribution is -0.132. The first-order chi connectivity index (χ1) is 11.3. The third-order valence-electron chi connectivity index (χ3n) is 5.79. The van der Waals surface area contributed by atoms with Crippen LogP contribution in [0.15, 0.2) is 22.8 Å². The molecule has 3 saturated heterocycles. The van der Waals surface area contributed by atoms with E-state index in [2.05, 4.69) is 14.9 Å². The molecule has 0 spiro atoms. The number of amides is 2. The highest BCUT2D eigenvalue weighted by atomic mass is 16.6. The number of nitrogens with zero attached hydrogens (tertiary/aromatic N) is 3. The first kappa shape index (κ1) is 14.1. The van der Waals surface area contributed by atoms with E-state index in [-0.39, 0.29) is 11.8 Å². The van der Waals surface area contributed by atoms with Crippen LogP contribution in [0.5, 0.6) is 0 Å². The molecule has 0 aliphatic carbocycles. The number of carbonyl (C=O) groups excluding carboxylic acids is 2. The summed E-state index contributed by atoms with van der Waals surface area (Å²) in [5.74, 6) is -1.89. The zero-order chi connectivity index (χ0) is 16.9. The Morgan fingerprint density at radius 3 is 2.67 bits per heavy atom. The lowest BCUT2D eigenvalue weighted by Gasteiger charge is -2.31. The van der Waals surface area contributed by atoms with Crippen molar-refractivity contribution < 1.29 is 24.1 Å². The van der Waals surface area contributed by atoms with E-state index in [4.69, 9.17) is 4.74 Å². The molecule has 3 fully saturated rings. The molecule has 24 heavy (non-hydrogen) atoms. The van der Waals surface area contributed by atoms with Gasteiger partial charge in [0.15, 0.2) is 0 Å². The fourth-order valence-corrected chi connectivity index (χ4v) is 4.69. The fourth-order valence-electron chi connectivity index (χ4n) is 4.69. The number of ether oxygens (including phenoxy) is 1. The SMILES string of the molecule is CC12CC(O)C(C)(O1)C1C(=O)N(c3ccc4nonc4c3)C(=O)C12. The van der Waals surface area contributed by atoms with Crippen LogP contribution in [0.3, 0.4) is 0 Å². The van der Waals surface area contributed by atoms with Crippen molar-refractivity contribution in [1.82, 2.24) is 10.3 Å². The number of hydrogen-bond acceptors (Lipinski definition) is 7. The van der Waals surface area contributed by atoms with E-state index in [1.807, 2.05) is 0 Å². The maximum absolute atomic E-state index is 13.0. The first-order valence-corrected chi connectivity index (χ1v) is 7.83. The highest BCUT2D eigenvalue weighted by Gasteiger charge is 2.75. The van der Waals surface area contributed by atoms with Crippen LogP contribution in [0.25, 0.3) is 11.0 Å². The number of aliphatic hydroxyl groups excluding tert-OH is 1. The minimum Gasteiger partial charge on any atom is -0.390 e. The van der Waals surface area contributed by atoms with Crippen LogP contribution in [0.4, 0.5) is 5.69 Å². The summed E-state index contributed by atoms with van der Waals surface area (Å²) >= 11 is 0. The summed E-state index contributed by atoms with van der Waals surface area (Å²) in [4.78, 5) is 27.2. The molecule has 3 aliphatic rings. The molecule has 5 unspecified atom stereocenters. The van der Waals surface area contributed by atoms with E-state index in [0.717, 1.165) is 0 Å². The van der Waals surface area contributed by atoms with Crippen molar-refractivity contribution in [1.29, 1.82) is 0 Å². The standard InChI is InChI=1S/C16H15N3O5/c1-15-6-10(20)16(2,23-15)12-11(15)13(21)19(14(12)22)7-3-4-8-9(5-7)18-24-17-8/h3-5,10-12,20H,6H2,1-2H3. The minimum absolute atomic E-state index is 0.293. The molecule has 8 nitrogen and oxygen atoms in total. The first-order valence-electron chi connectivity index (χ1n) is 7.83. The van der Waals surface area contributed by atoms with Gasteiger partial charge in [-0.25, -0.2) is 9.53 Å². The fraction of sp³-hybridized carbons (Fsp3) is 0.500. The molecule has 5 atom stereocenters. The van der Waals surface area contributed by atoms with Crippen molar-refractivity contribution in [3.05, 3.63) is 18.2 Å². The van der Waals surface area contributed by atoms with E-state index in [1.54, 1.807) is 32.0 Å². The Hall–Kier alpha value is -2.32. The van der Waals surface area contributed by atoms with Gasteiger partial charge in [0.2, 0.25) is 11.8 Å². The summed E-state index contributed by atoms with van der Waals surface area (Å²) < 4.78 is 10.6. The third kappa shape index (κ3) is 1.41. The lowest BCUT2D eigenvalue weighted by Crippen LogP contribution is -2.49. The highest BCUT2D eigenvalue weighted by Crippen LogP contribution is 2.60. The molecular weight excluding hydrogens is 314 g/mol. The third-order valence-corrected chi connectivity index (χ3v) is 5.79. The molecule has 8 heteroatoms. The van der Waals surface area contributed by atoms with Crippen LogP contribution in [-0.2, 0) is 14.3 Å². The van der Waals surface area contributed by atoms with Crippen molar-refractivity contribution in [2.24, 2.45) is 11.8 Å². The molecule has 2 amide bonds. The van der Waals surface area contributed by atoms with Crippen LogP contribution in [0.2, 0.25) is 0 Å². The molecule has 2 aromatic rings. The van der Waals surface area contributed by atoms with Crippen LogP contribution < -0.4 is 4.90 Å². The normalized spacial score (nSPS) is 40.8. The van der Waals surface area contributed by atoms with Gasteiger partial charge < -0.3 is 9.84 Å². The van der Waals surface area contributed by atoms with Gasteiger partial charge in [0.1, 0.15) is 16.6 Å². The summed E-state index contributed by atoms with van der Waals surface area (Å²) in [5.41, 5.74) is -0.387. The molecule has 5 rings (SSSR count). The van der Waals surface area contributed by atoms with Crippen LogP contribution in [0, 0.1) is 11.8 Å². The van der Waals surface area contributed by atoms with Gasteiger partial charge in [-0.1, -0.05) is 0 Å². The molecule has 0 radical (unpaired) electrons. The number of imide groups is 1. The number of hydrogen-bond donors (Lipinski definition) is 1. The zero-order valence-corrected chi connectivity index (χ0v) is 13.1. The molecule has 1 N–H and O–H groups in total. The summed E-state index contributed by atoms with van der Waals surface area (Å²) in [6.45, 7) is 3.51. The second-order valence-corrected chi connectivity index (χ2v) is 7.22. The Kier molecular flexibility index (Phi) is 2.35. The van der Waals surface area contributed by atoms with Gasteiger partial charge in [-0.3, -0.25) is 9.59 Å². The number of benzene rings is 1. The molecule has 1 aromatic heterocycles. The van der Waals surface area contributed by atoms with Crippen molar-refractivity contribution in [3.8, 4) is 0 Å². The minimum atomic E-state index is -1.03. The van der Waals surface area contributed by atoms with Gasteiger partial charge in [-0.2, -0.15) is 0 Å². The molecular formula is C16H15N3O5. The number of anilines is 1. The highest BCUT2D eigenvalue weighted by molar-refractivity contribution is 6.23. The summed E-state index contributed by atoms with van der Waals surface area (Å²) in [6.07, 6.45) is -0.410.